The summed E-state index contributed by atoms with van der Waals surface area (Å²) in [6.45, 7) is 1.89. The van der Waals surface area contributed by atoms with Gasteiger partial charge in [0.2, 0.25) is 0 Å². The molecule has 0 unspecified atom stereocenters. The number of nitrogens with one attached hydrogen (secondary N) is 1. The molecule has 0 radical (unpaired) electrons. The second-order valence-corrected chi connectivity index (χ2v) is 4.48. The van der Waals surface area contributed by atoms with Crippen LogP contribution in [0.4, 0.5) is 10.1 Å². The summed E-state index contributed by atoms with van der Waals surface area (Å²) in [7, 11) is 3.47. The van der Waals surface area contributed by atoms with E-state index in [1.165, 1.54) is 6.07 Å². The molecule has 2 rings (SSSR count). The molecule has 2 nitrogen and oxygen atoms in total. The molecule has 20 heavy (non-hydrogen) atoms. The highest BCUT2D eigenvalue weighted by atomic mass is 19.1. The number of methoxy groups -OCH3 is 1. The molecule has 0 aromatic heterocycles. The van der Waals surface area contributed by atoms with Crippen molar-refractivity contribution in [1.82, 2.24) is 0 Å². The predicted molar refractivity (Wildman–Crippen MR) is 82.6 cm³/mol. The predicted octanol–water partition coefficient (Wildman–Crippen LogP) is 4.35. The smallest absolute Gasteiger partial charge is 0.130 e. The summed E-state index contributed by atoms with van der Waals surface area (Å²) >= 11 is 0. The summed E-state index contributed by atoms with van der Waals surface area (Å²) in [5.74, 6) is 0.532. The molecular weight excluding hydrogens is 253 g/mol. The molecule has 1 N–H and O–H groups in total. The van der Waals surface area contributed by atoms with Gasteiger partial charge in [-0.3, -0.25) is 0 Å². The Kier molecular flexibility index (Phi) is 4.41. The van der Waals surface area contributed by atoms with Gasteiger partial charge in [0.1, 0.15) is 11.6 Å². The highest BCUT2D eigenvalue weighted by molar-refractivity contribution is 5.80. The van der Waals surface area contributed by atoms with Gasteiger partial charge in [0.15, 0.2) is 0 Å². The SMILES string of the molecule is CNc1cccc(OC)c1/C=C/c1c(C)cccc1F. The summed E-state index contributed by atoms with van der Waals surface area (Å²) in [6.07, 6.45) is 3.65. The molecule has 2 aromatic carbocycles. The molecule has 0 aliphatic rings. The molecule has 0 amide bonds. The zero-order valence-corrected chi connectivity index (χ0v) is 11.9. The first-order valence-corrected chi connectivity index (χ1v) is 6.45. The maximum absolute atomic E-state index is 13.8. The van der Waals surface area contributed by atoms with Crippen LogP contribution in [0.2, 0.25) is 0 Å². The molecule has 104 valence electrons. The summed E-state index contributed by atoms with van der Waals surface area (Å²) in [4.78, 5) is 0. The molecular formula is C17H18FNO. The van der Waals surface area contributed by atoms with E-state index >= 15 is 0 Å². The van der Waals surface area contributed by atoms with Crippen molar-refractivity contribution in [2.24, 2.45) is 0 Å². The van der Waals surface area contributed by atoms with Crippen molar-refractivity contribution in [3.05, 3.63) is 58.9 Å². The third-order valence-corrected chi connectivity index (χ3v) is 3.24. The summed E-state index contributed by atoms with van der Waals surface area (Å²) in [5, 5.41) is 3.11. The minimum absolute atomic E-state index is 0.220. The number of halogens is 1. The first-order valence-electron chi connectivity index (χ1n) is 6.45. The first-order chi connectivity index (χ1) is 9.67. The van der Waals surface area contributed by atoms with E-state index in [9.17, 15) is 4.39 Å². The van der Waals surface area contributed by atoms with Gasteiger partial charge in [0, 0.05) is 23.9 Å². The van der Waals surface area contributed by atoms with Crippen LogP contribution in [-0.4, -0.2) is 14.2 Å². The van der Waals surface area contributed by atoms with Crippen LogP contribution < -0.4 is 10.1 Å². The number of benzene rings is 2. The summed E-state index contributed by atoms with van der Waals surface area (Å²) in [5.41, 5.74) is 3.34. The molecule has 0 spiro atoms. The second kappa shape index (κ2) is 6.24. The zero-order valence-electron chi connectivity index (χ0n) is 11.9. The van der Waals surface area contributed by atoms with Gasteiger partial charge >= 0.3 is 0 Å². The number of aryl methyl sites for hydroxylation is 1. The van der Waals surface area contributed by atoms with Gasteiger partial charge in [-0.2, -0.15) is 0 Å². The Labute approximate surface area is 118 Å². The average Bonchev–Trinajstić information content (AvgIpc) is 2.46. The Morgan fingerprint density at radius 1 is 1.05 bits per heavy atom. The molecule has 0 bridgehead atoms. The van der Waals surface area contributed by atoms with Gasteiger partial charge in [0.05, 0.1) is 7.11 Å². The fourth-order valence-corrected chi connectivity index (χ4v) is 2.13. The normalized spacial score (nSPS) is 10.8. The average molecular weight is 271 g/mol. The molecule has 0 saturated carbocycles. The van der Waals surface area contributed by atoms with Gasteiger partial charge in [-0.25, -0.2) is 4.39 Å². The quantitative estimate of drug-likeness (QED) is 0.834. The molecule has 0 atom stereocenters. The van der Waals surface area contributed by atoms with Crippen molar-refractivity contribution in [2.45, 2.75) is 6.92 Å². The maximum atomic E-state index is 13.8. The van der Waals surface area contributed by atoms with Gasteiger partial charge < -0.3 is 10.1 Å². The van der Waals surface area contributed by atoms with Crippen LogP contribution >= 0.6 is 0 Å². The highest BCUT2D eigenvalue weighted by Crippen LogP contribution is 2.28. The van der Waals surface area contributed by atoms with Crippen LogP contribution in [0, 0.1) is 12.7 Å². The summed E-state index contributed by atoms with van der Waals surface area (Å²) in [6, 6.07) is 10.8. The van der Waals surface area contributed by atoms with Gasteiger partial charge in [-0.05, 0) is 36.8 Å². The Morgan fingerprint density at radius 2 is 1.75 bits per heavy atom. The number of rotatable bonds is 4. The Morgan fingerprint density at radius 3 is 2.40 bits per heavy atom. The number of hydrogen-bond donors (Lipinski definition) is 1. The lowest BCUT2D eigenvalue weighted by Crippen LogP contribution is -1.95. The van der Waals surface area contributed by atoms with Crippen molar-refractivity contribution in [3.63, 3.8) is 0 Å². The standard InChI is InChI=1S/C17H18FNO/c1-12-6-4-7-15(18)13(12)10-11-14-16(19-2)8-5-9-17(14)20-3/h4-11,19H,1-3H3/b11-10+. The van der Waals surface area contributed by atoms with Crippen LogP contribution in [0.25, 0.3) is 12.2 Å². The molecule has 0 fully saturated rings. The first kappa shape index (κ1) is 14.1. The Hall–Kier alpha value is -2.29. The minimum atomic E-state index is -0.220. The van der Waals surface area contributed by atoms with E-state index in [4.69, 9.17) is 4.74 Å². The van der Waals surface area contributed by atoms with Crippen LogP contribution in [0.1, 0.15) is 16.7 Å². The fraction of sp³-hybridized carbons (Fsp3) is 0.176. The van der Waals surface area contributed by atoms with E-state index in [1.807, 2.05) is 44.3 Å². The number of anilines is 1. The minimum Gasteiger partial charge on any atom is -0.496 e. The fourth-order valence-electron chi connectivity index (χ4n) is 2.13. The largest absolute Gasteiger partial charge is 0.496 e. The van der Waals surface area contributed by atoms with Crippen LogP contribution in [0.15, 0.2) is 36.4 Å². The van der Waals surface area contributed by atoms with Crippen molar-refractivity contribution < 1.29 is 9.13 Å². The van der Waals surface area contributed by atoms with Gasteiger partial charge in [-0.15, -0.1) is 0 Å². The molecule has 0 aliphatic heterocycles. The van der Waals surface area contributed by atoms with Crippen LogP contribution in [0.3, 0.4) is 0 Å². The molecule has 0 aliphatic carbocycles. The van der Waals surface area contributed by atoms with Crippen molar-refractivity contribution in [1.29, 1.82) is 0 Å². The number of ether oxygens (including phenoxy) is 1. The third kappa shape index (κ3) is 2.82. The van der Waals surface area contributed by atoms with Crippen molar-refractivity contribution in [3.8, 4) is 5.75 Å². The van der Waals surface area contributed by atoms with Gasteiger partial charge in [-0.1, -0.05) is 24.3 Å². The van der Waals surface area contributed by atoms with Crippen LogP contribution in [-0.2, 0) is 0 Å². The van der Waals surface area contributed by atoms with E-state index in [1.54, 1.807) is 19.3 Å². The topological polar surface area (TPSA) is 21.3 Å². The van der Waals surface area contributed by atoms with E-state index in [-0.39, 0.29) is 5.82 Å². The molecule has 3 heteroatoms. The van der Waals surface area contributed by atoms with E-state index in [0.717, 1.165) is 22.6 Å². The Balaban J connectivity index is 2.46. The highest BCUT2D eigenvalue weighted by Gasteiger charge is 2.06. The van der Waals surface area contributed by atoms with E-state index in [2.05, 4.69) is 5.32 Å². The molecule has 0 saturated heterocycles. The van der Waals surface area contributed by atoms with Gasteiger partial charge in [0.25, 0.3) is 0 Å². The third-order valence-electron chi connectivity index (χ3n) is 3.24. The zero-order chi connectivity index (χ0) is 14.5. The lowest BCUT2D eigenvalue weighted by Gasteiger charge is -2.10. The van der Waals surface area contributed by atoms with Crippen LogP contribution in [0.5, 0.6) is 5.75 Å². The maximum Gasteiger partial charge on any atom is 0.130 e. The monoisotopic (exact) mass is 271 g/mol. The van der Waals surface area contributed by atoms with E-state index < -0.39 is 0 Å². The lowest BCUT2D eigenvalue weighted by atomic mass is 10.1. The van der Waals surface area contributed by atoms with E-state index in [0.29, 0.717) is 5.56 Å². The lowest BCUT2D eigenvalue weighted by molar-refractivity contribution is 0.414. The molecule has 0 heterocycles. The van der Waals surface area contributed by atoms with Crippen molar-refractivity contribution >= 4 is 17.8 Å². The van der Waals surface area contributed by atoms with Crippen molar-refractivity contribution in [2.75, 3.05) is 19.5 Å². The number of hydrogen-bond acceptors (Lipinski definition) is 2. The Bertz CT molecular complexity index is 592. The second-order valence-electron chi connectivity index (χ2n) is 4.48. The molecule has 2 aromatic rings. The summed E-state index contributed by atoms with van der Waals surface area (Å²) < 4.78 is 19.2.